The van der Waals surface area contributed by atoms with Crippen LogP contribution in [0.4, 0.5) is 0 Å². The summed E-state index contributed by atoms with van der Waals surface area (Å²) in [5.41, 5.74) is 0.0130. The zero-order valence-electron chi connectivity index (χ0n) is 17.6. The summed E-state index contributed by atoms with van der Waals surface area (Å²) in [5.74, 6) is -1.64. The summed E-state index contributed by atoms with van der Waals surface area (Å²) in [6.45, 7) is 6.06. The quantitative estimate of drug-likeness (QED) is 0.142. The summed E-state index contributed by atoms with van der Waals surface area (Å²) < 4.78 is 5.02. The molecule has 4 nitrogen and oxygen atoms in total. The van der Waals surface area contributed by atoms with Gasteiger partial charge in [0.15, 0.2) is 0 Å². The molecule has 0 aromatic carbocycles. The van der Waals surface area contributed by atoms with Gasteiger partial charge < -0.3 is 9.84 Å². The molecule has 0 amide bonds. The second kappa shape index (κ2) is 19.4. The standard InChI is InChI=1S/C23H42O4/c1-3-4-5-6-7-8-9-10-11-12-13-14-15-16-17-18-19-27-23(26)21(2)20-22(24)25/h2-20H2,1H3,(H,24,25). The van der Waals surface area contributed by atoms with Crippen molar-refractivity contribution in [1.82, 2.24) is 0 Å². The van der Waals surface area contributed by atoms with E-state index in [0.717, 1.165) is 12.8 Å². The van der Waals surface area contributed by atoms with E-state index in [1.54, 1.807) is 0 Å². The Hall–Kier alpha value is -1.32. The van der Waals surface area contributed by atoms with E-state index in [-0.39, 0.29) is 12.0 Å². The normalized spacial score (nSPS) is 10.7. The first-order chi connectivity index (χ1) is 13.1. The van der Waals surface area contributed by atoms with Crippen molar-refractivity contribution in [2.24, 2.45) is 0 Å². The molecule has 0 radical (unpaired) electrons. The molecule has 1 N–H and O–H groups in total. The third-order valence-electron chi connectivity index (χ3n) is 4.88. The molecule has 0 heterocycles. The highest BCUT2D eigenvalue weighted by atomic mass is 16.5. The molecule has 0 rings (SSSR count). The summed E-state index contributed by atoms with van der Waals surface area (Å²) in [6.07, 6.45) is 20.5. The predicted octanol–water partition coefficient (Wildman–Crippen LogP) is 6.82. The number of ether oxygens (including phenoxy) is 1. The summed E-state index contributed by atoms with van der Waals surface area (Å²) in [7, 11) is 0. The molecule has 158 valence electrons. The molecule has 0 spiro atoms. The molecule has 0 bridgehead atoms. The molecule has 0 saturated heterocycles. The minimum Gasteiger partial charge on any atom is -0.481 e. The average Bonchev–Trinajstić information content (AvgIpc) is 2.63. The van der Waals surface area contributed by atoms with Crippen molar-refractivity contribution in [3.63, 3.8) is 0 Å². The molecular weight excluding hydrogens is 340 g/mol. The predicted molar refractivity (Wildman–Crippen MR) is 112 cm³/mol. The van der Waals surface area contributed by atoms with Crippen LogP contribution in [0.2, 0.25) is 0 Å². The van der Waals surface area contributed by atoms with Crippen molar-refractivity contribution >= 4 is 11.9 Å². The van der Waals surface area contributed by atoms with Crippen molar-refractivity contribution < 1.29 is 19.4 Å². The first-order valence-electron chi connectivity index (χ1n) is 11.1. The zero-order chi connectivity index (χ0) is 20.2. The molecule has 0 aliphatic heterocycles. The second-order valence-electron chi connectivity index (χ2n) is 7.61. The Kier molecular flexibility index (Phi) is 18.5. The van der Waals surface area contributed by atoms with E-state index in [4.69, 9.17) is 9.84 Å². The molecule has 27 heavy (non-hydrogen) atoms. The Bertz CT molecular complexity index is 390. The minimum atomic E-state index is -1.06. The van der Waals surface area contributed by atoms with Gasteiger partial charge in [0.25, 0.3) is 0 Å². The molecule has 0 aliphatic carbocycles. The first-order valence-corrected chi connectivity index (χ1v) is 11.1. The molecule has 4 heteroatoms. The largest absolute Gasteiger partial charge is 0.481 e. The Morgan fingerprint density at radius 2 is 1.07 bits per heavy atom. The molecular formula is C23H42O4. The molecule has 0 saturated carbocycles. The van der Waals surface area contributed by atoms with Crippen LogP contribution in [-0.4, -0.2) is 23.7 Å². The molecule has 0 unspecified atom stereocenters. The number of esters is 1. The number of carboxylic acid groups (broad SMARTS) is 1. The summed E-state index contributed by atoms with van der Waals surface area (Å²) in [6, 6.07) is 0. The second-order valence-corrected chi connectivity index (χ2v) is 7.61. The molecule has 0 aromatic rings. The number of hydrogen-bond acceptors (Lipinski definition) is 3. The average molecular weight is 383 g/mol. The number of rotatable bonds is 20. The lowest BCUT2D eigenvalue weighted by molar-refractivity contribution is -0.142. The highest BCUT2D eigenvalue weighted by Gasteiger charge is 2.11. The lowest BCUT2D eigenvalue weighted by Crippen LogP contribution is -2.11. The van der Waals surface area contributed by atoms with Crippen LogP contribution in [0.5, 0.6) is 0 Å². The van der Waals surface area contributed by atoms with Gasteiger partial charge in [-0.25, -0.2) is 4.79 Å². The van der Waals surface area contributed by atoms with E-state index in [9.17, 15) is 9.59 Å². The maximum Gasteiger partial charge on any atom is 0.333 e. The van der Waals surface area contributed by atoms with Gasteiger partial charge in [0.1, 0.15) is 0 Å². The van der Waals surface area contributed by atoms with Crippen molar-refractivity contribution in [2.75, 3.05) is 6.61 Å². The molecule has 0 aliphatic rings. The fourth-order valence-corrected chi connectivity index (χ4v) is 3.17. The van der Waals surface area contributed by atoms with Gasteiger partial charge in [-0.3, -0.25) is 4.79 Å². The molecule has 0 aromatic heterocycles. The van der Waals surface area contributed by atoms with Crippen molar-refractivity contribution in [1.29, 1.82) is 0 Å². The van der Waals surface area contributed by atoms with Gasteiger partial charge in [-0.2, -0.15) is 0 Å². The summed E-state index contributed by atoms with van der Waals surface area (Å²) in [4.78, 5) is 21.9. The summed E-state index contributed by atoms with van der Waals surface area (Å²) >= 11 is 0. The van der Waals surface area contributed by atoms with Crippen LogP contribution in [0, 0.1) is 0 Å². The fourth-order valence-electron chi connectivity index (χ4n) is 3.17. The highest BCUT2D eigenvalue weighted by Crippen LogP contribution is 2.13. The maximum absolute atomic E-state index is 11.5. The minimum absolute atomic E-state index is 0.0130. The van der Waals surface area contributed by atoms with Crippen LogP contribution >= 0.6 is 0 Å². The van der Waals surface area contributed by atoms with Gasteiger partial charge >= 0.3 is 11.9 Å². The molecule has 0 atom stereocenters. The van der Waals surface area contributed by atoms with Crippen LogP contribution in [0.15, 0.2) is 12.2 Å². The maximum atomic E-state index is 11.5. The number of carbonyl (C=O) groups is 2. The Morgan fingerprint density at radius 1 is 0.704 bits per heavy atom. The fraction of sp³-hybridized carbons (Fsp3) is 0.826. The van der Waals surface area contributed by atoms with Gasteiger partial charge in [-0.1, -0.05) is 110 Å². The number of carboxylic acids is 1. The van der Waals surface area contributed by atoms with Gasteiger partial charge in [0, 0.05) is 5.57 Å². The van der Waals surface area contributed by atoms with E-state index in [2.05, 4.69) is 13.5 Å². The van der Waals surface area contributed by atoms with Gasteiger partial charge in [0.2, 0.25) is 0 Å². The summed E-state index contributed by atoms with van der Waals surface area (Å²) in [5, 5.41) is 8.58. The zero-order valence-corrected chi connectivity index (χ0v) is 17.6. The van der Waals surface area contributed by atoms with Crippen LogP contribution < -0.4 is 0 Å². The van der Waals surface area contributed by atoms with Crippen LogP contribution in [0.25, 0.3) is 0 Å². The van der Waals surface area contributed by atoms with Gasteiger partial charge in [-0.05, 0) is 6.42 Å². The highest BCUT2D eigenvalue weighted by molar-refractivity contribution is 5.92. The third-order valence-corrected chi connectivity index (χ3v) is 4.88. The third kappa shape index (κ3) is 19.3. The number of aliphatic carboxylic acids is 1. The van der Waals surface area contributed by atoms with Crippen molar-refractivity contribution in [3.05, 3.63) is 12.2 Å². The van der Waals surface area contributed by atoms with Crippen molar-refractivity contribution in [2.45, 2.75) is 116 Å². The SMILES string of the molecule is C=C(CC(=O)O)C(=O)OCCCCCCCCCCCCCCCCCC. The van der Waals surface area contributed by atoms with E-state index >= 15 is 0 Å². The van der Waals surface area contributed by atoms with Gasteiger partial charge in [-0.15, -0.1) is 0 Å². The van der Waals surface area contributed by atoms with E-state index < -0.39 is 11.9 Å². The smallest absolute Gasteiger partial charge is 0.333 e. The lowest BCUT2D eigenvalue weighted by Gasteiger charge is -2.06. The number of unbranched alkanes of at least 4 members (excludes halogenated alkanes) is 15. The number of hydrogen-bond donors (Lipinski definition) is 1. The van der Waals surface area contributed by atoms with E-state index in [1.807, 2.05) is 0 Å². The van der Waals surface area contributed by atoms with E-state index in [0.29, 0.717) is 6.61 Å². The first kappa shape index (κ1) is 25.7. The molecule has 0 fully saturated rings. The van der Waals surface area contributed by atoms with Crippen LogP contribution in [0.1, 0.15) is 116 Å². The van der Waals surface area contributed by atoms with Gasteiger partial charge in [0.05, 0.1) is 13.0 Å². The van der Waals surface area contributed by atoms with Crippen molar-refractivity contribution in [3.8, 4) is 0 Å². The topological polar surface area (TPSA) is 63.6 Å². The Morgan fingerprint density at radius 3 is 1.44 bits per heavy atom. The van der Waals surface area contributed by atoms with Crippen LogP contribution in [0.3, 0.4) is 0 Å². The van der Waals surface area contributed by atoms with E-state index in [1.165, 1.54) is 89.9 Å². The number of carbonyl (C=O) groups excluding carboxylic acids is 1. The Balaban J connectivity index is 3.20. The lowest BCUT2D eigenvalue weighted by atomic mass is 10.0. The van der Waals surface area contributed by atoms with Crippen LogP contribution in [-0.2, 0) is 14.3 Å². The monoisotopic (exact) mass is 382 g/mol. The Labute approximate surface area is 166 Å².